The first-order valence-electron chi connectivity index (χ1n) is 6.22. The molecule has 1 heterocycles. The third kappa shape index (κ3) is 1.69. The van der Waals surface area contributed by atoms with Crippen molar-refractivity contribution in [3.8, 4) is 0 Å². The highest BCUT2D eigenvalue weighted by Crippen LogP contribution is 2.33. The van der Waals surface area contributed by atoms with Crippen molar-refractivity contribution in [1.29, 1.82) is 0 Å². The Bertz CT molecular complexity index is 366. The zero-order valence-electron chi connectivity index (χ0n) is 9.47. The molecule has 1 unspecified atom stereocenters. The first kappa shape index (κ1) is 9.76. The van der Waals surface area contributed by atoms with Gasteiger partial charge in [-0.2, -0.15) is 0 Å². The zero-order valence-corrected chi connectivity index (χ0v) is 9.47. The van der Waals surface area contributed by atoms with Crippen molar-refractivity contribution in [3.63, 3.8) is 0 Å². The number of hydrogen-bond acceptors (Lipinski definition) is 2. The van der Waals surface area contributed by atoms with E-state index in [-0.39, 0.29) is 0 Å². The lowest BCUT2D eigenvalue weighted by Gasteiger charge is -2.30. The Morgan fingerprint density at radius 2 is 1.81 bits per heavy atom. The lowest BCUT2D eigenvalue weighted by Crippen LogP contribution is -2.41. The van der Waals surface area contributed by atoms with Gasteiger partial charge < -0.3 is 5.43 Å². The van der Waals surface area contributed by atoms with Crippen molar-refractivity contribution >= 4 is 5.69 Å². The van der Waals surface area contributed by atoms with Gasteiger partial charge in [0.05, 0.1) is 11.7 Å². The van der Waals surface area contributed by atoms with E-state index in [4.69, 9.17) is 0 Å². The van der Waals surface area contributed by atoms with Gasteiger partial charge >= 0.3 is 0 Å². The number of hydrazine groups is 1. The van der Waals surface area contributed by atoms with Gasteiger partial charge in [0.2, 0.25) is 0 Å². The summed E-state index contributed by atoms with van der Waals surface area (Å²) in [6, 6.07) is 11.1. The van der Waals surface area contributed by atoms with Gasteiger partial charge in [0.25, 0.3) is 0 Å². The van der Waals surface area contributed by atoms with E-state index in [1.54, 1.807) is 0 Å². The maximum atomic E-state index is 3.35. The SMILES string of the molecule is C1=CC(C2CCCC2)N(c2ccccc2)N1. The molecule has 1 saturated carbocycles. The van der Waals surface area contributed by atoms with E-state index in [1.807, 2.05) is 0 Å². The van der Waals surface area contributed by atoms with E-state index in [2.05, 4.69) is 53.0 Å². The molecule has 0 spiro atoms. The molecule has 0 amide bonds. The van der Waals surface area contributed by atoms with Crippen molar-refractivity contribution in [2.75, 3.05) is 5.01 Å². The largest absolute Gasteiger partial charge is 0.305 e. The van der Waals surface area contributed by atoms with Crippen LogP contribution in [-0.4, -0.2) is 6.04 Å². The van der Waals surface area contributed by atoms with Crippen LogP contribution in [0.3, 0.4) is 0 Å². The molecule has 0 bridgehead atoms. The van der Waals surface area contributed by atoms with Crippen molar-refractivity contribution in [3.05, 3.63) is 42.6 Å². The second-order valence-corrected chi connectivity index (χ2v) is 4.73. The van der Waals surface area contributed by atoms with Gasteiger partial charge in [0.15, 0.2) is 0 Å². The van der Waals surface area contributed by atoms with Crippen LogP contribution in [-0.2, 0) is 0 Å². The Morgan fingerprint density at radius 3 is 2.56 bits per heavy atom. The summed E-state index contributed by atoms with van der Waals surface area (Å²) in [5.41, 5.74) is 4.62. The van der Waals surface area contributed by atoms with Crippen LogP contribution in [0.2, 0.25) is 0 Å². The number of rotatable bonds is 2. The van der Waals surface area contributed by atoms with E-state index in [9.17, 15) is 0 Å². The summed E-state index contributed by atoms with van der Waals surface area (Å²) >= 11 is 0. The van der Waals surface area contributed by atoms with Gasteiger partial charge in [-0.1, -0.05) is 31.0 Å². The lowest BCUT2D eigenvalue weighted by molar-refractivity contribution is 0.461. The van der Waals surface area contributed by atoms with E-state index < -0.39 is 0 Å². The summed E-state index contributed by atoms with van der Waals surface area (Å²) < 4.78 is 0. The smallest absolute Gasteiger partial charge is 0.0729 e. The summed E-state index contributed by atoms with van der Waals surface area (Å²) in [6.07, 6.45) is 9.94. The molecule has 1 atom stereocenters. The fraction of sp³-hybridized carbons (Fsp3) is 0.429. The Morgan fingerprint density at radius 1 is 1.06 bits per heavy atom. The van der Waals surface area contributed by atoms with Gasteiger partial charge in [0, 0.05) is 6.20 Å². The van der Waals surface area contributed by atoms with Gasteiger partial charge in [-0.05, 0) is 37.0 Å². The van der Waals surface area contributed by atoms with Crippen molar-refractivity contribution in [2.45, 2.75) is 31.7 Å². The predicted molar refractivity (Wildman–Crippen MR) is 66.9 cm³/mol. The molecule has 16 heavy (non-hydrogen) atoms. The summed E-state index contributed by atoms with van der Waals surface area (Å²) in [7, 11) is 0. The highest BCUT2D eigenvalue weighted by atomic mass is 15.5. The summed E-state index contributed by atoms with van der Waals surface area (Å²) in [5, 5.41) is 2.30. The molecule has 0 aromatic heterocycles. The Balaban J connectivity index is 1.80. The van der Waals surface area contributed by atoms with E-state index >= 15 is 0 Å². The molecular weight excluding hydrogens is 196 g/mol. The molecule has 1 fully saturated rings. The molecule has 2 nitrogen and oxygen atoms in total. The minimum atomic E-state index is 0.546. The molecule has 0 radical (unpaired) electrons. The number of para-hydroxylation sites is 1. The number of benzene rings is 1. The highest BCUT2D eigenvalue weighted by molar-refractivity contribution is 5.49. The maximum Gasteiger partial charge on any atom is 0.0729 e. The van der Waals surface area contributed by atoms with Crippen LogP contribution in [0.5, 0.6) is 0 Å². The molecule has 1 aromatic carbocycles. The van der Waals surface area contributed by atoms with E-state index in [0.717, 1.165) is 5.92 Å². The molecule has 3 rings (SSSR count). The minimum absolute atomic E-state index is 0.546. The van der Waals surface area contributed by atoms with Crippen LogP contribution in [0, 0.1) is 5.92 Å². The van der Waals surface area contributed by atoms with Gasteiger partial charge in [0.1, 0.15) is 0 Å². The van der Waals surface area contributed by atoms with Gasteiger partial charge in [-0.15, -0.1) is 0 Å². The van der Waals surface area contributed by atoms with Crippen molar-refractivity contribution in [1.82, 2.24) is 5.43 Å². The normalized spacial score (nSPS) is 25.0. The molecule has 2 heteroatoms. The first-order valence-corrected chi connectivity index (χ1v) is 6.22. The first-order chi connectivity index (χ1) is 7.95. The highest BCUT2D eigenvalue weighted by Gasteiger charge is 2.30. The van der Waals surface area contributed by atoms with Crippen LogP contribution in [0.25, 0.3) is 0 Å². The summed E-state index contributed by atoms with van der Waals surface area (Å²) in [6.45, 7) is 0. The third-order valence-corrected chi connectivity index (χ3v) is 3.72. The van der Waals surface area contributed by atoms with Crippen LogP contribution in [0.15, 0.2) is 42.6 Å². The third-order valence-electron chi connectivity index (χ3n) is 3.72. The van der Waals surface area contributed by atoms with E-state index in [1.165, 1.54) is 31.4 Å². The molecule has 2 aliphatic rings. The quantitative estimate of drug-likeness (QED) is 0.814. The molecule has 0 saturated heterocycles. The van der Waals surface area contributed by atoms with Crippen LogP contribution < -0.4 is 10.4 Å². The zero-order chi connectivity index (χ0) is 10.8. The second kappa shape index (κ2) is 4.20. The number of nitrogens with one attached hydrogen (secondary N) is 1. The van der Waals surface area contributed by atoms with Crippen molar-refractivity contribution in [2.24, 2.45) is 5.92 Å². The average Bonchev–Trinajstić information content (AvgIpc) is 3.01. The van der Waals surface area contributed by atoms with Gasteiger partial charge in [-0.3, -0.25) is 5.01 Å². The Hall–Kier alpha value is -1.44. The molecular formula is C14H18N2. The van der Waals surface area contributed by atoms with E-state index in [0.29, 0.717) is 6.04 Å². The summed E-state index contributed by atoms with van der Waals surface area (Å²) in [4.78, 5) is 0. The Kier molecular flexibility index (Phi) is 2.56. The molecule has 84 valence electrons. The van der Waals surface area contributed by atoms with Crippen LogP contribution in [0.4, 0.5) is 5.69 Å². The predicted octanol–water partition coefficient (Wildman–Crippen LogP) is 3.08. The van der Waals surface area contributed by atoms with Crippen molar-refractivity contribution < 1.29 is 0 Å². The maximum absolute atomic E-state index is 3.35. The number of anilines is 1. The monoisotopic (exact) mass is 214 g/mol. The number of nitrogens with zero attached hydrogens (tertiary/aromatic N) is 1. The Labute approximate surface area is 96.9 Å². The van der Waals surface area contributed by atoms with Crippen LogP contribution >= 0.6 is 0 Å². The lowest BCUT2D eigenvalue weighted by atomic mass is 9.98. The molecule has 1 aliphatic carbocycles. The van der Waals surface area contributed by atoms with Gasteiger partial charge in [-0.25, -0.2) is 0 Å². The topological polar surface area (TPSA) is 15.3 Å². The number of hydrogen-bond donors (Lipinski definition) is 1. The average molecular weight is 214 g/mol. The van der Waals surface area contributed by atoms with Crippen LogP contribution in [0.1, 0.15) is 25.7 Å². The standard InChI is InChI=1S/C14H18N2/c1-2-8-13(9-3-1)16-14(10-11-15-16)12-6-4-5-7-12/h1-3,8-12,14-15H,4-7H2. The fourth-order valence-electron chi connectivity index (χ4n) is 2.90. The minimum Gasteiger partial charge on any atom is -0.305 e. The second-order valence-electron chi connectivity index (χ2n) is 4.73. The molecule has 1 N–H and O–H groups in total. The molecule has 1 aliphatic heterocycles. The summed E-state index contributed by atoms with van der Waals surface area (Å²) in [5.74, 6) is 0.825. The molecule has 1 aromatic rings. The fourth-order valence-corrected chi connectivity index (χ4v) is 2.90.